The van der Waals surface area contributed by atoms with E-state index in [0.29, 0.717) is 24.8 Å². The van der Waals surface area contributed by atoms with Crippen molar-refractivity contribution in [2.24, 2.45) is 5.92 Å². The Kier molecular flexibility index (Phi) is 17.9. The third-order valence-corrected chi connectivity index (χ3v) is 10.4. The lowest BCUT2D eigenvalue weighted by molar-refractivity contribution is -0.158. The number of aliphatic hydroxyl groups excluding tert-OH is 1. The fourth-order valence-corrected chi connectivity index (χ4v) is 7.44. The molecule has 1 fully saturated rings. The van der Waals surface area contributed by atoms with Crippen molar-refractivity contribution in [1.82, 2.24) is 26.6 Å². The number of benzene rings is 2. The zero-order valence-electron chi connectivity index (χ0n) is 34.5. The van der Waals surface area contributed by atoms with Gasteiger partial charge in [0.2, 0.25) is 23.6 Å². The predicted molar refractivity (Wildman–Crippen MR) is 222 cm³/mol. The maximum atomic E-state index is 14.2. The first-order valence-electron chi connectivity index (χ1n) is 20.9. The van der Waals surface area contributed by atoms with E-state index in [-0.39, 0.29) is 24.7 Å². The van der Waals surface area contributed by atoms with E-state index in [1.54, 1.807) is 51.1 Å². The maximum absolute atomic E-state index is 14.2. The summed E-state index contributed by atoms with van der Waals surface area (Å²) in [6.45, 7) is 6.42. The van der Waals surface area contributed by atoms with E-state index in [0.717, 1.165) is 62.5 Å². The van der Waals surface area contributed by atoms with Crippen LogP contribution in [-0.2, 0) is 39.9 Å². The van der Waals surface area contributed by atoms with Gasteiger partial charge < -0.3 is 36.4 Å². The van der Waals surface area contributed by atoms with Crippen LogP contribution in [0.15, 0.2) is 60.7 Å². The minimum absolute atomic E-state index is 0.0707. The zero-order valence-corrected chi connectivity index (χ0v) is 34.5. The van der Waals surface area contributed by atoms with Gasteiger partial charge in [0.05, 0.1) is 12.6 Å². The lowest BCUT2D eigenvalue weighted by atomic mass is 9.83. The van der Waals surface area contributed by atoms with Crippen molar-refractivity contribution >= 4 is 41.6 Å². The number of allylic oxidation sites excluding steroid dienone is 1. The molecule has 6 N–H and O–H groups in total. The van der Waals surface area contributed by atoms with Gasteiger partial charge in [-0.3, -0.25) is 24.0 Å². The summed E-state index contributed by atoms with van der Waals surface area (Å²) in [5.41, 5.74) is 1.42. The topological polar surface area (TPSA) is 192 Å². The normalized spacial score (nSPS) is 20.2. The van der Waals surface area contributed by atoms with Crippen molar-refractivity contribution in [2.75, 3.05) is 6.54 Å². The van der Waals surface area contributed by atoms with Gasteiger partial charge in [-0.25, -0.2) is 4.79 Å². The molecule has 5 amide bonds. The molecule has 2 aromatic rings. The molecule has 13 nitrogen and oxygen atoms in total. The summed E-state index contributed by atoms with van der Waals surface area (Å²) < 4.78 is 5.52. The van der Waals surface area contributed by atoms with Crippen molar-refractivity contribution in [3.8, 4) is 0 Å². The van der Waals surface area contributed by atoms with Gasteiger partial charge in [-0.2, -0.15) is 0 Å². The number of amides is 5. The van der Waals surface area contributed by atoms with E-state index in [2.05, 4.69) is 32.7 Å². The summed E-state index contributed by atoms with van der Waals surface area (Å²) in [5, 5.41) is 25.0. The molecule has 1 heterocycles. The number of hydrogen-bond donors (Lipinski definition) is 6. The van der Waals surface area contributed by atoms with E-state index < -0.39 is 72.0 Å². The molecule has 13 heteroatoms. The predicted octanol–water partition coefficient (Wildman–Crippen LogP) is 4.72. The summed E-state index contributed by atoms with van der Waals surface area (Å²) in [6.07, 6.45) is 11.4. The lowest BCUT2D eigenvalue weighted by Gasteiger charge is -2.32. The SMILES string of the molecule is CCCC(NC(=O)[C@@H]1Cc2cccc(c2)C=CCCCCCC(=O)N[C@@H](C2CCCCC2)C(=O)N1)C(O)C(=O)NCC(=O)N[C@H](C(=O)OC(C)(C)C)c1ccccc1. The van der Waals surface area contributed by atoms with E-state index in [1.807, 2.05) is 37.3 Å². The Morgan fingerprint density at radius 2 is 1.62 bits per heavy atom. The summed E-state index contributed by atoms with van der Waals surface area (Å²) in [6, 6.07) is 12.1. The number of esters is 1. The summed E-state index contributed by atoms with van der Waals surface area (Å²) in [4.78, 5) is 80.9. The Bertz CT molecular complexity index is 1720. The number of ether oxygens (including phenoxy) is 1. The Morgan fingerprint density at radius 3 is 2.33 bits per heavy atom. The molecule has 0 radical (unpaired) electrons. The minimum Gasteiger partial charge on any atom is -0.458 e. The first-order valence-corrected chi connectivity index (χ1v) is 20.9. The van der Waals surface area contributed by atoms with Gasteiger partial charge >= 0.3 is 5.97 Å². The highest BCUT2D eigenvalue weighted by Crippen LogP contribution is 2.27. The monoisotopic (exact) mass is 801 g/mol. The van der Waals surface area contributed by atoms with E-state index in [4.69, 9.17) is 4.74 Å². The fraction of sp³-hybridized carbons (Fsp3) is 0.556. The van der Waals surface area contributed by atoms with E-state index in [1.165, 1.54) is 0 Å². The van der Waals surface area contributed by atoms with Gasteiger partial charge in [-0.15, -0.1) is 0 Å². The quantitative estimate of drug-likeness (QED) is 0.166. The highest BCUT2D eigenvalue weighted by molar-refractivity contribution is 5.93. The van der Waals surface area contributed by atoms with Gasteiger partial charge in [-0.05, 0) is 81.9 Å². The van der Waals surface area contributed by atoms with Crippen LogP contribution in [-0.4, -0.2) is 77.0 Å². The number of fused-ring (bicyclic) bond motifs is 2. The third-order valence-electron chi connectivity index (χ3n) is 10.4. The van der Waals surface area contributed by atoms with Crippen LogP contribution < -0.4 is 26.6 Å². The highest BCUT2D eigenvalue weighted by atomic mass is 16.6. The second-order valence-corrected chi connectivity index (χ2v) is 16.5. The third kappa shape index (κ3) is 15.0. The standard InChI is InChI=1S/C45H63N5O8/c1-5-18-34(40(53)43(56)46-29-37(52)50-39(33-24-14-10-15-25-33)44(57)58-45(2,3)4)47-41(54)35-28-31-21-17-20-30(27-31)19-11-7-6-8-16-26-36(51)49-38(42(55)48-35)32-22-12-9-13-23-32/h10-11,14-15,17,19-21,24-25,27,32,34-35,38-40,53H,5-9,12-13,16,18,22-23,26,28-29H2,1-4H3,(H,46,56)(H,47,54)(H,48,55)(H,49,51)(H,50,52)/t34?,35-,38-,39-,40?/m0/s1. The van der Waals surface area contributed by atoms with Crippen molar-refractivity contribution in [1.29, 1.82) is 0 Å². The molecular formula is C45H63N5O8. The molecule has 0 spiro atoms. The smallest absolute Gasteiger partial charge is 0.333 e. The van der Waals surface area contributed by atoms with Gasteiger partial charge in [0, 0.05) is 12.8 Å². The number of hydrogen-bond acceptors (Lipinski definition) is 8. The molecule has 0 aromatic heterocycles. The molecule has 1 aliphatic heterocycles. The van der Waals surface area contributed by atoms with Crippen LogP contribution in [0.5, 0.6) is 0 Å². The Morgan fingerprint density at radius 1 is 0.897 bits per heavy atom. The maximum Gasteiger partial charge on any atom is 0.333 e. The number of aliphatic hydroxyl groups is 1. The molecule has 316 valence electrons. The average molecular weight is 802 g/mol. The molecule has 58 heavy (non-hydrogen) atoms. The number of carbonyl (C=O) groups excluding carboxylic acids is 6. The molecule has 2 aromatic carbocycles. The fourth-order valence-electron chi connectivity index (χ4n) is 7.44. The van der Waals surface area contributed by atoms with Crippen LogP contribution in [0.2, 0.25) is 0 Å². The van der Waals surface area contributed by atoms with Gasteiger partial charge in [-0.1, -0.05) is 106 Å². The van der Waals surface area contributed by atoms with Crippen molar-refractivity contribution in [2.45, 2.75) is 147 Å². The summed E-state index contributed by atoms with van der Waals surface area (Å²) in [5.74, 6) is -3.59. The van der Waals surface area contributed by atoms with Crippen LogP contribution in [0.3, 0.4) is 0 Å². The molecule has 0 saturated heterocycles. The number of nitrogens with one attached hydrogen (secondary N) is 5. The molecule has 2 bridgehead atoms. The van der Waals surface area contributed by atoms with Crippen LogP contribution >= 0.6 is 0 Å². The highest BCUT2D eigenvalue weighted by Gasteiger charge is 2.36. The molecule has 1 saturated carbocycles. The lowest BCUT2D eigenvalue weighted by Crippen LogP contribution is -2.59. The van der Waals surface area contributed by atoms with Crippen molar-refractivity contribution in [3.63, 3.8) is 0 Å². The van der Waals surface area contributed by atoms with Crippen molar-refractivity contribution < 1.29 is 38.6 Å². The van der Waals surface area contributed by atoms with Crippen LogP contribution in [0.25, 0.3) is 6.08 Å². The van der Waals surface area contributed by atoms with Gasteiger partial charge in [0.25, 0.3) is 5.91 Å². The first kappa shape index (κ1) is 45.7. The summed E-state index contributed by atoms with van der Waals surface area (Å²) in [7, 11) is 0. The Hall–Kier alpha value is -5.04. The zero-order chi connectivity index (χ0) is 42.1. The van der Waals surface area contributed by atoms with Crippen molar-refractivity contribution in [3.05, 3.63) is 77.4 Å². The van der Waals surface area contributed by atoms with Gasteiger partial charge in [0.15, 0.2) is 12.1 Å². The van der Waals surface area contributed by atoms with Crippen LogP contribution in [0, 0.1) is 5.92 Å². The molecule has 4 rings (SSSR count). The average Bonchev–Trinajstić information content (AvgIpc) is 3.19. The Labute approximate surface area is 342 Å². The summed E-state index contributed by atoms with van der Waals surface area (Å²) >= 11 is 0. The second kappa shape index (κ2) is 22.8. The van der Waals surface area contributed by atoms with Gasteiger partial charge in [0.1, 0.15) is 17.7 Å². The molecule has 2 unspecified atom stereocenters. The first-order chi connectivity index (χ1) is 27.7. The Balaban J connectivity index is 1.50. The number of carbonyl (C=O) groups is 6. The molecular weight excluding hydrogens is 739 g/mol. The number of rotatable bonds is 12. The second-order valence-electron chi connectivity index (χ2n) is 16.5. The molecule has 5 atom stereocenters. The molecule has 2 aliphatic rings. The van der Waals surface area contributed by atoms with E-state index >= 15 is 0 Å². The van der Waals surface area contributed by atoms with Crippen LogP contribution in [0.4, 0.5) is 0 Å². The van der Waals surface area contributed by atoms with Crippen LogP contribution in [0.1, 0.15) is 127 Å². The molecule has 1 aliphatic carbocycles. The largest absolute Gasteiger partial charge is 0.458 e. The van der Waals surface area contributed by atoms with E-state index in [9.17, 15) is 33.9 Å². The minimum atomic E-state index is -1.75.